The number of amides is 1. The molecular formula is C21H27N5O. The van der Waals surface area contributed by atoms with Crippen molar-refractivity contribution >= 4 is 11.6 Å². The van der Waals surface area contributed by atoms with Crippen LogP contribution in [0.2, 0.25) is 0 Å². The van der Waals surface area contributed by atoms with Crippen molar-refractivity contribution in [2.45, 2.75) is 58.2 Å². The summed E-state index contributed by atoms with van der Waals surface area (Å²) >= 11 is 0. The third-order valence-corrected chi connectivity index (χ3v) is 5.86. The molecule has 2 heterocycles. The third kappa shape index (κ3) is 3.08. The van der Waals surface area contributed by atoms with Crippen molar-refractivity contribution in [3.63, 3.8) is 0 Å². The number of hydrogen-bond acceptors (Lipinski definition) is 5. The van der Waals surface area contributed by atoms with Gasteiger partial charge >= 0.3 is 0 Å². The zero-order valence-corrected chi connectivity index (χ0v) is 16.5. The second kappa shape index (κ2) is 6.60. The fraction of sp³-hybridized carbons (Fsp3) is 0.476. The molecule has 142 valence electrons. The van der Waals surface area contributed by atoms with Gasteiger partial charge in [0, 0.05) is 18.7 Å². The van der Waals surface area contributed by atoms with Crippen LogP contribution in [0.15, 0.2) is 30.5 Å². The SMILES string of the molecule is Cc1ccc(-c2ncc3c(n2)C(=O)N(C)C(C)(C)N3NC2CCCC2)cc1. The van der Waals surface area contributed by atoms with E-state index in [-0.39, 0.29) is 5.91 Å². The molecule has 0 radical (unpaired) electrons. The van der Waals surface area contributed by atoms with Crippen LogP contribution in [0.1, 0.15) is 55.6 Å². The fourth-order valence-corrected chi connectivity index (χ4v) is 3.86. The van der Waals surface area contributed by atoms with E-state index in [0.717, 1.165) is 24.1 Å². The fourth-order valence-electron chi connectivity index (χ4n) is 3.86. The highest BCUT2D eigenvalue weighted by atomic mass is 16.2. The first-order valence-corrected chi connectivity index (χ1v) is 9.66. The van der Waals surface area contributed by atoms with Crippen LogP contribution in [0, 0.1) is 6.92 Å². The zero-order chi connectivity index (χ0) is 19.2. The molecule has 6 nitrogen and oxygen atoms in total. The normalized spacial score (nSPS) is 19.5. The van der Waals surface area contributed by atoms with Gasteiger partial charge < -0.3 is 4.90 Å². The van der Waals surface area contributed by atoms with Gasteiger partial charge in [-0.25, -0.2) is 15.4 Å². The van der Waals surface area contributed by atoms with Gasteiger partial charge in [0.2, 0.25) is 0 Å². The lowest BCUT2D eigenvalue weighted by atomic mass is 10.1. The average molecular weight is 365 g/mol. The lowest BCUT2D eigenvalue weighted by molar-refractivity contribution is 0.0547. The summed E-state index contributed by atoms with van der Waals surface area (Å²) in [6.45, 7) is 6.14. The van der Waals surface area contributed by atoms with Crippen LogP contribution in [-0.4, -0.2) is 39.5 Å². The summed E-state index contributed by atoms with van der Waals surface area (Å²) < 4.78 is 0. The summed E-state index contributed by atoms with van der Waals surface area (Å²) in [4.78, 5) is 24.0. The highest BCUT2D eigenvalue weighted by Gasteiger charge is 2.44. The molecule has 0 unspecified atom stereocenters. The minimum Gasteiger partial charge on any atom is -0.316 e. The number of rotatable bonds is 3. The predicted octanol–water partition coefficient (Wildman–Crippen LogP) is 3.53. The van der Waals surface area contributed by atoms with E-state index < -0.39 is 5.66 Å². The van der Waals surface area contributed by atoms with E-state index in [1.54, 1.807) is 11.1 Å². The maximum atomic E-state index is 13.0. The van der Waals surface area contributed by atoms with E-state index in [1.165, 1.54) is 18.4 Å². The molecule has 1 fully saturated rings. The molecule has 1 aliphatic heterocycles. The summed E-state index contributed by atoms with van der Waals surface area (Å²) in [7, 11) is 1.84. The smallest absolute Gasteiger partial charge is 0.276 e. The molecule has 0 spiro atoms. The Morgan fingerprint density at radius 3 is 2.48 bits per heavy atom. The molecular weight excluding hydrogens is 338 g/mol. The van der Waals surface area contributed by atoms with Crippen molar-refractivity contribution in [3.8, 4) is 11.4 Å². The van der Waals surface area contributed by atoms with E-state index in [4.69, 9.17) is 0 Å². The summed E-state index contributed by atoms with van der Waals surface area (Å²) in [6.07, 6.45) is 6.59. The molecule has 0 bridgehead atoms. The molecule has 0 saturated heterocycles. The Morgan fingerprint density at radius 2 is 1.81 bits per heavy atom. The Hall–Kier alpha value is -2.47. The Balaban J connectivity index is 1.76. The second-order valence-electron chi connectivity index (χ2n) is 8.10. The van der Waals surface area contributed by atoms with Crippen molar-refractivity contribution in [2.24, 2.45) is 0 Å². The van der Waals surface area contributed by atoms with E-state index in [9.17, 15) is 4.79 Å². The minimum absolute atomic E-state index is 0.0739. The number of anilines is 1. The number of carbonyl (C=O) groups excluding carboxylic acids is 1. The monoisotopic (exact) mass is 365 g/mol. The quantitative estimate of drug-likeness (QED) is 0.902. The predicted molar refractivity (Wildman–Crippen MR) is 106 cm³/mol. The van der Waals surface area contributed by atoms with Crippen LogP contribution in [0.3, 0.4) is 0 Å². The lowest BCUT2D eigenvalue weighted by Gasteiger charge is -2.50. The Bertz CT molecular complexity index is 855. The molecule has 1 amide bonds. The minimum atomic E-state index is -0.499. The topological polar surface area (TPSA) is 61.4 Å². The van der Waals surface area contributed by atoms with Crippen LogP contribution in [0.25, 0.3) is 11.4 Å². The number of aryl methyl sites for hydroxylation is 1. The Morgan fingerprint density at radius 1 is 1.15 bits per heavy atom. The Labute approximate surface area is 160 Å². The largest absolute Gasteiger partial charge is 0.316 e. The van der Waals surface area contributed by atoms with E-state index in [1.807, 2.05) is 52.1 Å². The number of hydrazine groups is 1. The van der Waals surface area contributed by atoms with Gasteiger partial charge in [0.1, 0.15) is 11.4 Å². The number of carbonyl (C=O) groups is 1. The first kappa shape index (κ1) is 17.9. The molecule has 2 aliphatic rings. The summed E-state index contributed by atoms with van der Waals surface area (Å²) in [5.74, 6) is 0.506. The molecule has 1 aromatic heterocycles. The van der Waals surface area contributed by atoms with E-state index in [2.05, 4.69) is 20.4 Å². The van der Waals surface area contributed by atoms with Crippen LogP contribution in [-0.2, 0) is 0 Å². The number of nitrogens with one attached hydrogen (secondary N) is 1. The first-order valence-electron chi connectivity index (χ1n) is 9.66. The molecule has 4 rings (SSSR count). The summed E-state index contributed by atoms with van der Waals surface area (Å²) in [6, 6.07) is 8.47. The van der Waals surface area contributed by atoms with Crippen LogP contribution >= 0.6 is 0 Å². The van der Waals surface area contributed by atoms with Gasteiger partial charge in [-0.15, -0.1) is 0 Å². The van der Waals surface area contributed by atoms with Gasteiger partial charge in [-0.05, 0) is 33.6 Å². The second-order valence-corrected chi connectivity index (χ2v) is 8.10. The number of aromatic nitrogens is 2. The molecule has 0 atom stereocenters. The van der Waals surface area contributed by atoms with Crippen LogP contribution in [0.4, 0.5) is 5.69 Å². The number of fused-ring (bicyclic) bond motifs is 1. The molecule has 1 saturated carbocycles. The van der Waals surface area contributed by atoms with E-state index >= 15 is 0 Å². The lowest BCUT2D eigenvalue weighted by Crippen LogP contribution is -2.67. The van der Waals surface area contributed by atoms with Crippen molar-refractivity contribution in [2.75, 3.05) is 12.1 Å². The van der Waals surface area contributed by atoms with Gasteiger partial charge in [0.25, 0.3) is 5.91 Å². The standard InChI is InChI=1S/C21H27N5O/c1-14-9-11-15(12-10-14)19-22-13-17-18(23-19)20(27)25(4)21(2,3)26(17)24-16-7-5-6-8-16/h9-13,16,24H,5-8H2,1-4H3. The molecule has 6 heteroatoms. The molecule has 1 aliphatic carbocycles. The zero-order valence-electron chi connectivity index (χ0n) is 16.5. The highest BCUT2D eigenvalue weighted by Crippen LogP contribution is 2.35. The van der Waals surface area contributed by atoms with Gasteiger partial charge in [-0.1, -0.05) is 42.7 Å². The first-order chi connectivity index (χ1) is 12.9. The van der Waals surface area contributed by atoms with Crippen molar-refractivity contribution in [1.29, 1.82) is 0 Å². The molecule has 1 aromatic carbocycles. The maximum absolute atomic E-state index is 13.0. The highest BCUT2D eigenvalue weighted by molar-refractivity contribution is 6.00. The van der Waals surface area contributed by atoms with Crippen LogP contribution < -0.4 is 10.4 Å². The van der Waals surface area contributed by atoms with Crippen molar-refractivity contribution in [3.05, 3.63) is 41.7 Å². The third-order valence-electron chi connectivity index (χ3n) is 5.86. The summed E-state index contributed by atoms with van der Waals surface area (Å²) in [5.41, 5.74) is 6.45. The van der Waals surface area contributed by atoms with Gasteiger partial charge in [-0.2, -0.15) is 0 Å². The maximum Gasteiger partial charge on any atom is 0.276 e. The number of hydrogen-bond donors (Lipinski definition) is 1. The van der Waals surface area contributed by atoms with Crippen molar-refractivity contribution in [1.82, 2.24) is 20.3 Å². The molecule has 2 aromatic rings. The molecule has 1 N–H and O–H groups in total. The van der Waals surface area contributed by atoms with Gasteiger partial charge in [0.05, 0.1) is 6.20 Å². The van der Waals surface area contributed by atoms with Gasteiger partial charge in [-0.3, -0.25) is 9.80 Å². The molecule has 27 heavy (non-hydrogen) atoms. The number of benzene rings is 1. The van der Waals surface area contributed by atoms with Crippen molar-refractivity contribution < 1.29 is 4.79 Å². The van der Waals surface area contributed by atoms with Gasteiger partial charge in [0.15, 0.2) is 11.5 Å². The van der Waals surface area contributed by atoms with E-state index in [0.29, 0.717) is 17.6 Å². The number of nitrogens with zero attached hydrogens (tertiary/aromatic N) is 4. The summed E-state index contributed by atoms with van der Waals surface area (Å²) in [5, 5.41) is 2.08. The average Bonchev–Trinajstić information content (AvgIpc) is 3.17. The van der Waals surface area contributed by atoms with Crippen LogP contribution in [0.5, 0.6) is 0 Å². The Kier molecular flexibility index (Phi) is 4.38.